The van der Waals surface area contributed by atoms with E-state index >= 15 is 0 Å². The van der Waals surface area contributed by atoms with E-state index in [0.29, 0.717) is 5.56 Å². The van der Waals surface area contributed by atoms with Crippen molar-refractivity contribution in [2.75, 3.05) is 0 Å². The van der Waals surface area contributed by atoms with Gasteiger partial charge in [0, 0.05) is 23.8 Å². The second-order valence-corrected chi connectivity index (χ2v) is 17.3. The first-order chi connectivity index (χ1) is 17.0. The molecule has 10 nitrogen and oxygen atoms in total. The number of nitrogens with zero attached hydrogens (tertiary/aromatic N) is 2. The molecule has 37 heavy (non-hydrogen) atoms. The van der Waals surface area contributed by atoms with E-state index < -0.39 is 49.1 Å². The molecule has 0 bridgehead atoms. The van der Waals surface area contributed by atoms with E-state index in [2.05, 4.69) is 33.9 Å². The minimum atomic E-state index is -2.25. The maximum Gasteiger partial charge on any atom is 0.397 e. The Hall–Kier alpha value is -2.57. The molecule has 2 amide bonds. The van der Waals surface area contributed by atoms with Crippen LogP contribution in [0.3, 0.4) is 0 Å². The number of ether oxygens (including phenoxy) is 1. The number of carbonyl (C=O) groups excluding carboxylic acids is 4. The second-order valence-electron chi connectivity index (χ2n) is 10.9. The molecule has 12 heteroatoms. The largest absolute Gasteiger partial charge is 0.454 e. The standard InChI is InChI=1S/C25H36N2O8SSi/c1-15(2)36-20(28)13-19-21(16(3)35-37(7,8)25(4,5)6)22(29)26(19)23(30)24(31)34-14-17-9-11-18(12-10-17)27(32)33/h9-12,15-16,19,21H,13-14H2,1-8H3/t16-,19-,21-/m1/s1. The lowest BCUT2D eigenvalue weighted by Gasteiger charge is -2.49. The summed E-state index contributed by atoms with van der Waals surface area (Å²) in [7, 11) is -2.25. The van der Waals surface area contributed by atoms with Crippen molar-refractivity contribution in [3.8, 4) is 0 Å². The Balaban J connectivity index is 2.16. The van der Waals surface area contributed by atoms with Crippen molar-refractivity contribution in [3.63, 3.8) is 0 Å². The Morgan fingerprint density at radius 2 is 1.70 bits per heavy atom. The van der Waals surface area contributed by atoms with E-state index in [1.807, 2.05) is 13.8 Å². The molecule has 2 rings (SSSR count). The van der Waals surface area contributed by atoms with Gasteiger partial charge in [0.2, 0.25) is 5.91 Å². The number of rotatable bonds is 9. The second kappa shape index (κ2) is 11.9. The van der Waals surface area contributed by atoms with Crippen LogP contribution < -0.4 is 0 Å². The van der Waals surface area contributed by atoms with Crippen LogP contribution in [0.25, 0.3) is 0 Å². The van der Waals surface area contributed by atoms with Gasteiger partial charge in [-0.3, -0.25) is 29.4 Å². The normalized spacial score (nSPS) is 18.8. The Kier molecular flexibility index (Phi) is 9.83. The van der Waals surface area contributed by atoms with Crippen molar-refractivity contribution in [1.29, 1.82) is 0 Å². The van der Waals surface area contributed by atoms with E-state index in [4.69, 9.17) is 9.16 Å². The molecule has 1 aromatic rings. The molecular formula is C25H36N2O8SSi. The Bertz CT molecular complexity index is 1050. The molecule has 0 aliphatic carbocycles. The molecule has 1 fully saturated rings. The van der Waals surface area contributed by atoms with Gasteiger partial charge in [0.15, 0.2) is 13.4 Å². The quantitative estimate of drug-likeness (QED) is 0.109. The minimum absolute atomic E-state index is 0.0263. The van der Waals surface area contributed by atoms with Gasteiger partial charge in [-0.25, -0.2) is 4.79 Å². The van der Waals surface area contributed by atoms with Gasteiger partial charge in [-0.2, -0.15) is 0 Å². The summed E-state index contributed by atoms with van der Waals surface area (Å²) in [5.74, 6) is -3.69. The van der Waals surface area contributed by atoms with E-state index in [1.54, 1.807) is 6.92 Å². The van der Waals surface area contributed by atoms with Gasteiger partial charge in [0.25, 0.3) is 5.69 Å². The average Bonchev–Trinajstić information content (AvgIpc) is 2.75. The smallest absolute Gasteiger partial charge is 0.397 e. The first kappa shape index (κ1) is 30.6. The highest BCUT2D eigenvalue weighted by Crippen LogP contribution is 2.41. The number of esters is 1. The summed E-state index contributed by atoms with van der Waals surface area (Å²) in [4.78, 5) is 62.2. The van der Waals surface area contributed by atoms with Crippen LogP contribution in [0, 0.1) is 16.0 Å². The number of benzene rings is 1. The van der Waals surface area contributed by atoms with Gasteiger partial charge in [-0.05, 0) is 42.8 Å². The molecule has 0 N–H and O–H groups in total. The number of likely N-dealkylation sites (tertiary alicyclic amines) is 1. The highest BCUT2D eigenvalue weighted by atomic mass is 32.2. The van der Waals surface area contributed by atoms with Crippen molar-refractivity contribution in [3.05, 3.63) is 39.9 Å². The third-order valence-electron chi connectivity index (χ3n) is 6.71. The summed E-state index contributed by atoms with van der Waals surface area (Å²) in [6.07, 6.45) is -0.637. The molecule has 3 atom stereocenters. The van der Waals surface area contributed by atoms with Crippen molar-refractivity contribution >= 4 is 48.7 Å². The van der Waals surface area contributed by atoms with Gasteiger partial charge in [-0.1, -0.05) is 46.4 Å². The van der Waals surface area contributed by atoms with Gasteiger partial charge in [-0.15, -0.1) is 0 Å². The Morgan fingerprint density at radius 3 is 2.19 bits per heavy atom. The summed E-state index contributed by atoms with van der Waals surface area (Å²) in [6.45, 7) is 15.5. The first-order valence-electron chi connectivity index (χ1n) is 12.1. The number of nitro groups is 1. The third kappa shape index (κ3) is 7.48. The van der Waals surface area contributed by atoms with Crippen LogP contribution in [0.2, 0.25) is 18.1 Å². The maximum atomic E-state index is 13.1. The summed E-state index contributed by atoms with van der Waals surface area (Å²) in [6, 6.07) is 4.51. The van der Waals surface area contributed by atoms with Gasteiger partial charge < -0.3 is 9.16 Å². The highest BCUT2D eigenvalue weighted by molar-refractivity contribution is 8.14. The summed E-state index contributed by atoms with van der Waals surface area (Å²) in [5, 5.41) is 10.5. The fraction of sp³-hybridized carbons (Fsp3) is 0.600. The lowest BCUT2D eigenvalue weighted by molar-refractivity contribution is -0.384. The molecule has 0 saturated carbocycles. The molecule has 0 spiro atoms. The first-order valence-corrected chi connectivity index (χ1v) is 15.9. The molecule has 0 radical (unpaired) electrons. The lowest BCUT2D eigenvalue weighted by atomic mass is 9.81. The molecule has 1 aliphatic heterocycles. The summed E-state index contributed by atoms with van der Waals surface area (Å²) >= 11 is 1.11. The van der Waals surface area contributed by atoms with E-state index in [0.717, 1.165) is 16.7 Å². The topological polar surface area (TPSA) is 133 Å². The number of thioether (sulfide) groups is 1. The minimum Gasteiger partial charge on any atom is -0.454 e. The maximum absolute atomic E-state index is 13.1. The van der Waals surface area contributed by atoms with Crippen molar-refractivity contribution in [1.82, 2.24) is 4.90 Å². The molecule has 0 aromatic heterocycles. The molecule has 1 saturated heterocycles. The zero-order valence-corrected chi connectivity index (χ0v) is 24.4. The highest BCUT2D eigenvalue weighted by Gasteiger charge is 2.56. The molecule has 204 valence electrons. The Labute approximate surface area is 222 Å². The summed E-state index contributed by atoms with van der Waals surface area (Å²) in [5.41, 5.74) is 0.320. The predicted molar refractivity (Wildman–Crippen MR) is 142 cm³/mol. The van der Waals surface area contributed by atoms with Gasteiger partial charge in [0.1, 0.15) is 6.61 Å². The van der Waals surface area contributed by atoms with Crippen LogP contribution in [-0.4, -0.2) is 58.4 Å². The number of imide groups is 1. The van der Waals surface area contributed by atoms with Crippen molar-refractivity contribution < 1.29 is 33.3 Å². The number of carbonyl (C=O) groups is 4. The molecule has 1 heterocycles. The summed E-state index contributed by atoms with van der Waals surface area (Å²) < 4.78 is 11.5. The van der Waals surface area contributed by atoms with E-state index in [9.17, 15) is 29.3 Å². The zero-order valence-electron chi connectivity index (χ0n) is 22.6. The number of nitro benzene ring substituents is 1. The average molecular weight is 553 g/mol. The van der Waals surface area contributed by atoms with Gasteiger partial charge in [0.05, 0.1) is 23.0 Å². The molecule has 0 unspecified atom stereocenters. The molecular weight excluding hydrogens is 516 g/mol. The van der Waals surface area contributed by atoms with Crippen LogP contribution >= 0.6 is 11.8 Å². The fourth-order valence-electron chi connectivity index (χ4n) is 3.77. The lowest BCUT2D eigenvalue weighted by Crippen LogP contribution is -2.68. The molecule has 1 aromatic carbocycles. The predicted octanol–water partition coefficient (Wildman–Crippen LogP) is 4.46. The SMILES string of the molecule is CC(C)SC(=O)C[C@@H]1[C@@H]([C@@H](C)O[Si](C)(C)C(C)(C)C)C(=O)N1C(=O)C(=O)OCc1ccc([N+](=O)[O-])cc1. The third-order valence-corrected chi connectivity index (χ3v) is 12.2. The number of amides is 2. The number of non-ortho nitro benzene ring substituents is 1. The monoisotopic (exact) mass is 552 g/mol. The van der Waals surface area contributed by atoms with Crippen LogP contribution in [0.1, 0.15) is 53.5 Å². The molecule has 1 aliphatic rings. The Morgan fingerprint density at radius 1 is 1.14 bits per heavy atom. The zero-order chi connectivity index (χ0) is 28.3. The van der Waals surface area contributed by atoms with Gasteiger partial charge >= 0.3 is 11.9 Å². The van der Waals surface area contributed by atoms with E-state index in [1.165, 1.54) is 24.3 Å². The van der Waals surface area contributed by atoms with Crippen LogP contribution in [-0.2, 0) is 34.9 Å². The number of hydrogen-bond donors (Lipinski definition) is 0. The van der Waals surface area contributed by atoms with E-state index in [-0.39, 0.29) is 34.1 Å². The number of hydrogen-bond acceptors (Lipinski definition) is 9. The van der Waals surface area contributed by atoms with Crippen molar-refractivity contribution in [2.24, 2.45) is 5.92 Å². The van der Waals surface area contributed by atoms with Crippen molar-refractivity contribution in [2.45, 2.75) is 90.1 Å². The fourth-order valence-corrected chi connectivity index (χ4v) is 5.99. The van der Waals surface area contributed by atoms with Crippen LogP contribution in [0.5, 0.6) is 0 Å². The van der Waals surface area contributed by atoms with Crippen LogP contribution in [0.4, 0.5) is 5.69 Å². The number of β-lactam (4-membered cyclic amide) rings is 1. The van der Waals surface area contributed by atoms with Crippen LogP contribution in [0.15, 0.2) is 24.3 Å².